The van der Waals surface area contributed by atoms with Gasteiger partial charge in [0.1, 0.15) is 5.01 Å². The Bertz CT molecular complexity index is 250. The summed E-state index contributed by atoms with van der Waals surface area (Å²) in [6.07, 6.45) is 1.22. The second-order valence-corrected chi connectivity index (χ2v) is 5.53. The van der Waals surface area contributed by atoms with Crippen molar-refractivity contribution in [1.82, 2.24) is 4.98 Å². The number of nitrogens with zero attached hydrogens (tertiary/aromatic N) is 1. The molecule has 1 aromatic rings. The van der Waals surface area contributed by atoms with Gasteiger partial charge in [-0.1, -0.05) is 13.8 Å². The minimum atomic E-state index is 0.532. The molecular weight excluding hydrogens is 222 g/mol. The molecule has 0 aliphatic carbocycles. The Morgan fingerprint density at radius 3 is 3.00 bits per heavy atom. The first kappa shape index (κ1) is 11.3. The molecule has 74 valence electrons. The van der Waals surface area contributed by atoms with Gasteiger partial charge in [-0.3, -0.25) is 0 Å². The van der Waals surface area contributed by atoms with Gasteiger partial charge in [-0.25, -0.2) is 4.98 Å². The van der Waals surface area contributed by atoms with Crippen molar-refractivity contribution in [3.8, 4) is 0 Å². The highest BCUT2D eigenvalue weighted by atomic mass is 35.5. The van der Waals surface area contributed by atoms with Crippen LogP contribution in [-0.4, -0.2) is 10.2 Å². The molecule has 13 heavy (non-hydrogen) atoms. The standard InChI is InChI=1S/C9H14ClNS2/c1-3-7(2)12-6-9-11-8(4-10)5-13-9/h5,7H,3-4,6H2,1-2H3. The van der Waals surface area contributed by atoms with E-state index in [9.17, 15) is 0 Å². The molecule has 0 N–H and O–H groups in total. The molecule has 0 aromatic carbocycles. The Labute approximate surface area is 92.9 Å². The van der Waals surface area contributed by atoms with Crippen LogP contribution in [0, 0.1) is 0 Å². The lowest BCUT2D eigenvalue weighted by Gasteiger charge is -2.04. The lowest BCUT2D eigenvalue weighted by molar-refractivity contribution is 0.904. The number of halogens is 1. The van der Waals surface area contributed by atoms with Gasteiger partial charge < -0.3 is 0 Å². The Hall–Kier alpha value is 0.270. The molecule has 0 radical (unpaired) electrons. The fourth-order valence-corrected chi connectivity index (χ4v) is 2.82. The molecule has 0 aliphatic heterocycles. The molecule has 0 saturated carbocycles. The summed E-state index contributed by atoms with van der Waals surface area (Å²) in [5, 5.41) is 3.96. The van der Waals surface area contributed by atoms with Crippen LogP contribution in [0.25, 0.3) is 0 Å². The van der Waals surface area contributed by atoms with Gasteiger partial charge in [0.25, 0.3) is 0 Å². The van der Waals surface area contributed by atoms with Crippen LogP contribution >= 0.6 is 34.7 Å². The maximum Gasteiger partial charge on any atom is 0.103 e. The van der Waals surface area contributed by atoms with Gasteiger partial charge in [0.2, 0.25) is 0 Å². The summed E-state index contributed by atoms with van der Waals surface area (Å²) in [5.74, 6) is 1.56. The molecule has 1 rings (SSSR count). The zero-order chi connectivity index (χ0) is 9.68. The van der Waals surface area contributed by atoms with E-state index in [0.717, 1.165) is 16.7 Å². The van der Waals surface area contributed by atoms with Crippen LogP contribution in [-0.2, 0) is 11.6 Å². The van der Waals surface area contributed by atoms with Crippen molar-refractivity contribution in [1.29, 1.82) is 0 Å². The van der Waals surface area contributed by atoms with E-state index in [4.69, 9.17) is 11.6 Å². The summed E-state index contributed by atoms with van der Waals surface area (Å²) in [4.78, 5) is 4.40. The Balaban J connectivity index is 2.36. The van der Waals surface area contributed by atoms with E-state index in [-0.39, 0.29) is 0 Å². The molecule has 0 bridgehead atoms. The predicted octanol–water partition coefficient (Wildman–Crippen LogP) is 3.91. The van der Waals surface area contributed by atoms with Crippen molar-refractivity contribution >= 4 is 34.7 Å². The lowest BCUT2D eigenvalue weighted by atomic mass is 10.4. The van der Waals surface area contributed by atoms with E-state index in [1.54, 1.807) is 11.3 Å². The lowest BCUT2D eigenvalue weighted by Crippen LogP contribution is -1.93. The number of thioether (sulfide) groups is 1. The molecule has 1 nitrogen and oxygen atoms in total. The largest absolute Gasteiger partial charge is 0.244 e. The molecule has 0 fully saturated rings. The smallest absolute Gasteiger partial charge is 0.103 e. The molecule has 0 amide bonds. The van der Waals surface area contributed by atoms with E-state index in [1.165, 1.54) is 11.4 Å². The minimum absolute atomic E-state index is 0.532. The quantitative estimate of drug-likeness (QED) is 0.718. The number of alkyl halides is 1. The van der Waals surface area contributed by atoms with Crippen molar-refractivity contribution < 1.29 is 0 Å². The summed E-state index contributed by atoms with van der Waals surface area (Å²) in [5.41, 5.74) is 1.01. The molecule has 0 aliphatic rings. The highest BCUT2D eigenvalue weighted by Gasteiger charge is 2.04. The van der Waals surface area contributed by atoms with Crippen LogP contribution in [0.2, 0.25) is 0 Å². The van der Waals surface area contributed by atoms with E-state index in [0.29, 0.717) is 5.88 Å². The van der Waals surface area contributed by atoms with Crippen molar-refractivity contribution in [2.45, 2.75) is 37.2 Å². The van der Waals surface area contributed by atoms with Crippen molar-refractivity contribution in [2.75, 3.05) is 0 Å². The second-order valence-electron chi connectivity index (χ2n) is 2.90. The van der Waals surface area contributed by atoms with Gasteiger partial charge in [-0.15, -0.1) is 22.9 Å². The molecule has 4 heteroatoms. The summed E-state index contributed by atoms with van der Waals surface area (Å²) >= 11 is 9.34. The van der Waals surface area contributed by atoms with Gasteiger partial charge in [0, 0.05) is 16.4 Å². The number of hydrogen-bond acceptors (Lipinski definition) is 3. The summed E-state index contributed by atoms with van der Waals surface area (Å²) in [6, 6.07) is 0. The average Bonchev–Trinajstić information content (AvgIpc) is 2.61. The monoisotopic (exact) mass is 235 g/mol. The minimum Gasteiger partial charge on any atom is -0.244 e. The number of rotatable bonds is 5. The SMILES string of the molecule is CCC(C)SCc1nc(CCl)cs1. The van der Waals surface area contributed by atoms with Crippen LogP contribution in [0.5, 0.6) is 0 Å². The highest BCUT2D eigenvalue weighted by molar-refractivity contribution is 7.99. The molecule has 1 heterocycles. The van der Waals surface area contributed by atoms with E-state index in [1.807, 2.05) is 17.1 Å². The maximum atomic E-state index is 5.67. The maximum absolute atomic E-state index is 5.67. The fraction of sp³-hybridized carbons (Fsp3) is 0.667. The predicted molar refractivity (Wildman–Crippen MR) is 62.7 cm³/mol. The van der Waals surface area contributed by atoms with Gasteiger partial charge in [-0.05, 0) is 6.42 Å². The van der Waals surface area contributed by atoms with Crippen LogP contribution < -0.4 is 0 Å². The van der Waals surface area contributed by atoms with Crippen molar-refractivity contribution in [3.63, 3.8) is 0 Å². The summed E-state index contributed by atoms with van der Waals surface area (Å²) < 4.78 is 0. The normalized spacial score (nSPS) is 13.2. The number of aromatic nitrogens is 1. The average molecular weight is 236 g/mol. The van der Waals surface area contributed by atoms with Crippen LogP contribution in [0.15, 0.2) is 5.38 Å². The molecule has 0 spiro atoms. The zero-order valence-corrected chi connectivity index (χ0v) is 10.3. The summed E-state index contributed by atoms with van der Waals surface area (Å²) in [7, 11) is 0. The fourth-order valence-electron chi connectivity index (χ4n) is 0.808. The topological polar surface area (TPSA) is 12.9 Å². The summed E-state index contributed by atoms with van der Waals surface area (Å²) in [6.45, 7) is 4.46. The molecule has 1 unspecified atom stereocenters. The number of thiazole rings is 1. The molecule has 1 atom stereocenters. The van der Waals surface area contributed by atoms with E-state index >= 15 is 0 Å². The van der Waals surface area contributed by atoms with Crippen molar-refractivity contribution in [3.05, 3.63) is 16.1 Å². The highest BCUT2D eigenvalue weighted by Crippen LogP contribution is 2.22. The van der Waals surface area contributed by atoms with Gasteiger partial charge in [0.05, 0.1) is 11.6 Å². The Kier molecular flexibility index (Phi) is 5.14. The van der Waals surface area contributed by atoms with Crippen molar-refractivity contribution in [2.24, 2.45) is 0 Å². The molecule has 0 saturated heterocycles. The second kappa shape index (κ2) is 5.89. The van der Waals surface area contributed by atoms with E-state index in [2.05, 4.69) is 18.8 Å². The third-order valence-electron chi connectivity index (χ3n) is 1.80. The van der Waals surface area contributed by atoms with Gasteiger partial charge >= 0.3 is 0 Å². The first-order chi connectivity index (χ1) is 6.26. The van der Waals surface area contributed by atoms with Gasteiger partial charge in [-0.2, -0.15) is 11.8 Å². The van der Waals surface area contributed by atoms with E-state index < -0.39 is 0 Å². The first-order valence-corrected chi connectivity index (χ1v) is 6.83. The van der Waals surface area contributed by atoms with Crippen LogP contribution in [0.1, 0.15) is 31.0 Å². The third-order valence-corrected chi connectivity index (χ3v) is 4.50. The van der Waals surface area contributed by atoms with Crippen LogP contribution in [0.3, 0.4) is 0 Å². The third kappa shape index (κ3) is 3.88. The first-order valence-electron chi connectivity index (χ1n) is 4.37. The van der Waals surface area contributed by atoms with Crippen LogP contribution in [0.4, 0.5) is 0 Å². The molecular formula is C9H14ClNS2. The zero-order valence-electron chi connectivity index (χ0n) is 7.92. The Morgan fingerprint density at radius 1 is 1.69 bits per heavy atom. The van der Waals surface area contributed by atoms with Gasteiger partial charge in [0.15, 0.2) is 0 Å². The number of hydrogen-bond donors (Lipinski definition) is 0. The Morgan fingerprint density at radius 2 is 2.46 bits per heavy atom. The molecule has 1 aromatic heterocycles.